The smallest absolute Gasteiger partial charge is 0.423 e. The van der Waals surface area contributed by atoms with E-state index in [0.717, 1.165) is 5.69 Å². The van der Waals surface area contributed by atoms with Gasteiger partial charge in [0.1, 0.15) is 0 Å². The van der Waals surface area contributed by atoms with E-state index in [1.807, 2.05) is 19.4 Å². The molecule has 0 atom stereocenters. The molecule has 0 radical (unpaired) electrons. The number of anilines is 1. The lowest BCUT2D eigenvalue weighted by Crippen LogP contribution is -2.29. The minimum atomic E-state index is -1.52. The molecule has 14 heavy (non-hydrogen) atoms. The van der Waals surface area contributed by atoms with Crippen molar-refractivity contribution in [3.05, 3.63) is 24.3 Å². The molecule has 0 heterocycles. The maximum absolute atomic E-state index is 8.96. The fourth-order valence-corrected chi connectivity index (χ4v) is 2.16. The lowest BCUT2D eigenvalue weighted by atomic mass is 9.80. The SMILES string of the molecule is CP(C)(=S)Nc1cccc(B(O)O)c1. The molecule has 3 N–H and O–H groups in total. The fraction of sp³-hybridized carbons (Fsp3) is 0.250. The summed E-state index contributed by atoms with van der Waals surface area (Å²) in [6, 6.07) is 6.98. The van der Waals surface area contributed by atoms with Gasteiger partial charge in [-0.05, 0) is 30.9 Å². The van der Waals surface area contributed by atoms with Gasteiger partial charge in [0.25, 0.3) is 0 Å². The van der Waals surface area contributed by atoms with Crippen molar-refractivity contribution in [2.24, 2.45) is 0 Å². The highest BCUT2D eigenvalue weighted by Crippen LogP contribution is 2.36. The zero-order chi connectivity index (χ0) is 10.8. The van der Waals surface area contributed by atoms with Crippen LogP contribution in [-0.2, 0) is 11.8 Å². The van der Waals surface area contributed by atoms with Crippen LogP contribution in [0.1, 0.15) is 0 Å². The summed E-state index contributed by atoms with van der Waals surface area (Å²) in [5.74, 6) is 0. The topological polar surface area (TPSA) is 52.5 Å². The first-order valence-electron chi connectivity index (χ1n) is 4.18. The van der Waals surface area contributed by atoms with Crippen molar-refractivity contribution >= 4 is 36.3 Å². The average Bonchev–Trinajstić information content (AvgIpc) is 2.01. The maximum Gasteiger partial charge on any atom is 0.488 e. The van der Waals surface area contributed by atoms with Crippen molar-refractivity contribution in [1.29, 1.82) is 0 Å². The van der Waals surface area contributed by atoms with Gasteiger partial charge in [0.15, 0.2) is 0 Å². The van der Waals surface area contributed by atoms with Crippen LogP contribution in [0, 0.1) is 0 Å². The van der Waals surface area contributed by atoms with Gasteiger partial charge in [-0.2, -0.15) is 0 Å². The van der Waals surface area contributed by atoms with E-state index in [1.165, 1.54) is 0 Å². The van der Waals surface area contributed by atoms with Crippen molar-refractivity contribution in [3.8, 4) is 0 Å². The van der Waals surface area contributed by atoms with Gasteiger partial charge in [0, 0.05) is 11.9 Å². The third-order valence-corrected chi connectivity index (χ3v) is 2.65. The normalized spacial score (nSPS) is 11.1. The van der Waals surface area contributed by atoms with Crippen LogP contribution in [-0.4, -0.2) is 30.5 Å². The van der Waals surface area contributed by atoms with Crippen LogP contribution in [0.2, 0.25) is 0 Å². The summed E-state index contributed by atoms with van der Waals surface area (Å²) in [7, 11) is -1.43. The van der Waals surface area contributed by atoms with Crippen LogP contribution in [0.3, 0.4) is 0 Å². The average molecular weight is 229 g/mol. The first kappa shape index (κ1) is 11.7. The predicted molar refractivity (Wildman–Crippen MR) is 66.0 cm³/mol. The standard InChI is InChI=1S/C8H13BNO2PS/c1-13(2,14)10-8-5-3-4-7(6-8)9(11)12/h3-6,11-12H,1-2H3,(H,10,14). The van der Waals surface area contributed by atoms with Crippen LogP contribution in [0.25, 0.3) is 0 Å². The van der Waals surface area contributed by atoms with Crippen LogP contribution in [0.5, 0.6) is 0 Å². The molecule has 0 bridgehead atoms. The van der Waals surface area contributed by atoms with Gasteiger partial charge in [0.2, 0.25) is 0 Å². The second kappa shape index (κ2) is 4.45. The molecular formula is C8H13BNO2PS. The van der Waals surface area contributed by atoms with Gasteiger partial charge < -0.3 is 15.1 Å². The number of rotatable bonds is 3. The van der Waals surface area contributed by atoms with E-state index in [9.17, 15) is 0 Å². The van der Waals surface area contributed by atoms with E-state index < -0.39 is 13.3 Å². The second-order valence-corrected chi connectivity index (χ2v) is 9.13. The Morgan fingerprint density at radius 3 is 2.50 bits per heavy atom. The molecule has 0 aliphatic carbocycles. The van der Waals surface area contributed by atoms with Gasteiger partial charge in [-0.15, -0.1) is 0 Å². The number of hydrogen-bond acceptors (Lipinski definition) is 3. The number of hydrogen-bond donors (Lipinski definition) is 3. The van der Waals surface area contributed by atoms with E-state index in [4.69, 9.17) is 21.9 Å². The van der Waals surface area contributed by atoms with Crippen LogP contribution >= 0.6 is 6.19 Å². The van der Waals surface area contributed by atoms with Gasteiger partial charge in [-0.3, -0.25) is 0 Å². The summed E-state index contributed by atoms with van der Waals surface area (Å²) < 4.78 is 0. The molecule has 0 saturated carbocycles. The molecular weight excluding hydrogens is 216 g/mol. The summed E-state index contributed by atoms with van der Waals surface area (Å²) in [4.78, 5) is 0. The van der Waals surface area contributed by atoms with Crippen molar-refractivity contribution < 1.29 is 10.0 Å². The quantitative estimate of drug-likeness (QED) is 0.519. The summed E-state index contributed by atoms with van der Waals surface area (Å²) in [6.45, 7) is 3.95. The number of nitrogens with one attached hydrogen (secondary N) is 1. The highest BCUT2D eigenvalue weighted by molar-refractivity contribution is 8.14. The summed E-state index contributed by atoms with van der Waals surface area (Å²) >= 11 is 5.25. The molecule has 0 amide bonds. The van der Waals surface area contributed by atoms with E-state index in [2.05, 4.69) is 5.09 Å². The van der Waals surface area contributed by atoms with Crippen molar-refractivity contribution in [1.82, 2.24) is 0 Å². The van der Waals surface area contributed by atoms with Crippen molar-refractivity contribution in [2.75, 3.05) is 18.4 Å². The molecule has 0 aliphatic heterocycles. The summed E-state index contributed by atoms with van der Waals surface area (Å²) in [5, 5.41) is 21.1. The third kappa shape index (κ3) is 3.80. The Hall–Kier alpha value is -0.345. The first-order chi connectivity index (χ1) is 6.38. The lowest BCUT2D eigenvalue weighted by Gasteiger charge is -2.14. The van der Waals surface area contributed by atoms with Gasteiger partial charge in [0.05, 0.1) is 0 Å². The van der Waals surface area contributed by atoms with E-state index in [1.54, 1.807) is 18.2 Å². The van der Waals surface area contributed by atoms with E-state index >= 15 is 0 Å². The summed E-state index contributed by atoms with van der Waals surface area (Å²) in [6.07, 6.45) is -1.52. The maximum atomic E-state index is 8.96. The van der Waals surface area contributed by atoms with E-state index in [0.29, 0.717) is 5.46 Å². The monoisotopic (exact) mass is 229 g/mol. The highest BCUT2D eigenvalue weighted by atomic mass is 32.4. The molecule has 0 saturated heterocycles. The highest BCUT2D eigenvalue weighted by Gasteiger charge is 2.11. The number of benzene rings is 1. The van der Waals surface area contributed by atoms with Crippen molar-refractivity contribution in [3.63, 3.8) is 0 Å². The third-order valence-electron chi connectivity index (χ3n) is 1.58. The van der Waals surface area contributed by atoms with Crippen LogP contribution < -0.4 is 10.6 Å². The molecule has 0 aromatic heterocycles. The minimum absolute atomic E-state index is 0.471. The minimum Gasteiger partial charge on any atom is -0.423 e. The Labute approximate surface area is 89.4 Å². The molecule has 1 aromatic rings. The second-order valence-electron chi connectivity index (χ2n) is 3.46. The Balaban J connectivity index is 2.89. The molecule has 3 nitrogen and oxygen atoms in total. The van der Waals surface area contributed by atoms with Gasteiger partial charge >= 0.3 is 7.12 Å². The Morgan fingerprint density at radius 1 is 1.36 bits per heavy atom. The summed E-state index contributed by atoms with van der Waals surface area (Å²) in [5.41, 5.74) is 1.31. The predicted octanol–water partition coefficient (Wildman–Crippen LogP) is 0.432. The Kier molecular flexibility index (Phi) is 3.73. The molecule has 0 spiro atoms. The largest absolute Gasteiger partial charge is 0.488 e. The van der Waals surface area contributed by atoms with Gasteiger partial charge in [-0.25, -0.2) is 0 Å². The Bertz CT molecular complexity index is 366. The lowest BCUT2D eigenvalue weighted by molar-refractivity contribution is 0.426. The van der Waals surface area contributed by atoms with E-state index in [-0.39, 0.29) is 0 Å². The molecule has 0 unspecified atom stereocenters. The zero-order valence-corrected chi connectivity index (χ0v) is 9.85. The van der Waals surface area contributed by atoms with Crippen LogP contribution in [0.15, 0.2) is 24.3 Å². The van der Waals surface area contributed by atoms with Gasteiger partial charge in [-0.1, -0.05) is 23.9 Å². The zero-order valence-electron chi connectivity index (χ0n) is 8.14. The molecule has 1 rings (SSSR count). The molecule has 6 heteroatoms. The molecule has 1 aromatic carbocycles. The van der Waals surface area contributed by atoms with Crippen molar-refractivity contribution in [2.45, 2.75) is 0 Å². The molecule has 0 aliphatic rings. The fourth-order valence-electron chi connectivity index (χ4n) is 1.08. The molecule has 76 valence electrons. The molecule has 0 fully saturated rings. The Morgan fingerprint density at radius 2 is 2.00 bits per heavy atom. The van der Waals surface area contributed by atoms with Crippen LogP contribution in [0.4, 0.5) is 5.69 Å². The first-order valence-corrected chi connectivity index (χ1v) is 7.87.